The number of likely N-dealkylation sites (tertiary alicyclic amines) is 1. The van der Waals surface area contributed by atoms with E-state index in [1.54, 1.807) is 0 Å². The summed E-state index contributed by atoms with van der Waals surface area (Å²) in [6, 6.07) is 15.0. The van der Waals surface area contributed by atoms with E-state index in [0.29, 0.717) is 6.54 Å². The fourth-order valence-electron chi connectivity index (χ4n) is 3.53. The van der Waals surface area contributed by atoms with Crippen molar-refractivity contribution < 1.29 is 4.79 Å². The Morgan fingerprint density at radius 3 is 2.65 bits per heavy atom. The number of fused-ring (bicyclic) bond motifs is 1. The van der Waals surface area contributed by atoms with Gasteiger partial charge in [-0.1, -0.05) is 0 Å². The summed E-state index contributed by atoms with van der Waals surface area (Å²) in [6.45, 7) is 4.10. The molecule has 1 saturated heterocycles. The number of halogens is 1. The first-order valence-electron chi connectivity index (χ1n) is 8.99. The third-order valence-corrected chi connectivity index (χ3v) is 7.77. The predicted molar refractivity (Wildman–Crippen MR) is 110 cm³/mol. The molecular weight excluding hydrogens is 451 g/mol. The maximum absolute atomic E-state index is 12.4. The molecule has 2 heterocycles. The summed E-state index contributed by atoms with van der Waals surface area (Å²) in [5, 5.41) is 2.99. The minimum atomic E-state index is -0.179. The van der Waals surface area contributed by atoms with Gasteiger partial charge < -0.3 is 0 Å². The van der Waals surface area contributed by atoms with Crippen LogP contribution >= 0.6 is 15.9 Å². The van der Waals surface area contributed by atoms with Gasteiger partial charge >= 0.3 is 170 Å². The number of carbonyl (C=O) groups excluding carboxylic acids is 1. The van der Waals surface area contributed by atoms with Crippen molar-refractivity contribution in [1.82, 2.24) is 10.2 Å². The second-order valence-electron chi connectivity index (χ2n) is 6.77. The standard InChI is InChI=1S/C21H21AsBrN2O/c23-20-5-3-4-17-18(21(26)24-13-19(17)20)12-22-16-8-6-15(7-9-16)14-25-10-1-2-11-25/h3-9,12H,1-2,10-11,13-14H2,(H,24,26). The van der Waals surface area contributed by atoms with Crippen molar-refractivity contribution in [3.05, 3.63) is 68.5 Å². The molecule has 1 radical (unpaired) electrons. The molecule has 3 nitrogen and oxygen atoms in total. The zero-order valence-corrected chi connectivity index (χ0v) is 18.0. The first-order chi connectivity index (χ1) is 12.7. The van der Waals surface area contributed by atoms with Gasteiger partial charge in [-0.25, -0.2) is 0 Å². The molecule has 0 aromatic heterocycles. The van der Waals surface area contributed by atoms with Crippen LogP contribution in [-0.2, 0) is 17.9 Å². The summed E-state index contributed by atoms with van der Waals surface area (Å²) < 4.78 is 2.39. The van der Waals surface area contributed by atoms with Gasteiger partial charge in [0.15, 0.2) is 0 Å². The van der Waals surface area contributed by atoms with E-state index in [4.69, 9.17) is 0 Å². The van der Waals surface area contributed by atoms with Crippen molar-refractivity contribution in [2.24, 2.45) is 0 Å². The summed E-state index contributed by atoms with van der Waals surface area (Å²) in [5.41, 5.74) is 4.42. The van der Waals surface area contributed by atoms with E-state index in [1.807, 2.05) is 18.2 Å². The van der Waals surface area contributed by atoms with Crippen LogP contribution < -0.4 is 9.67 Å². The summed E-state index contributed by atoms with van der Waals surface area (Å²) in [7, 11) is 0. The van der Waals surface area contributed by atoms with Gasteiger partial charge in [0, 0.05) is 0 Å². The van der Waals surface area contributed by atoms with Crippen molar-refractivity contribution >= 4 is 47.5 Å². The van der Waals surface area contributed by atoms with Gasteiger partial charge in [0.25, 0.3) is 0 Å². The molecule has 1 N–H and O–H groups in total. The van der Waals surface area contributed by atoms with Crippen LogP contribution in [0.25, 0.3) is 5.57 Å². The van der Waals surface area contributed by atoms with E-state index in [0.717, 1.165) is 22.2 Å². The monoisotopic (exact) mass is 471 g/mol. The molecule has 0 spiro atoms. The Kier molecular flexibility index (Phi) is 5.63. The number of nitrogens with zero attached hydrogens (tertiary/aromatic N) is 1. The molecule has 0 aliphatic carbocycles. The number of benzene rings is 2. The maximum atomic E-state index is 12.4. The van der Waals surface area contributed by atoms with Gasteiger partial charge in [-0.05, 0) is 0 Å². The van der Waals surface area contributed by atoms with Crippen LogP contribution in [0.15, 0.2) is 51.8 Å². The van der Waals surface area contributed by atoms with Crippen LogP contribution in [0, 0.1) is 0 Å². The third kappa shape index (κ3) is 3.98. The molecule has 1 amide bonds. The van der Waals surface area contributed by atoms with Gasteiger partial charge in [0.05, 0.1) is 0 Å². The average molecular weight is 472 g/mol. The molecule has 0 bridgehead atoms. The second-order valence-corrected chi connectivity index (χ2v) is 9.79. The minimum absolute atomic E-state index is 0.0385. The molecule has 0 saturated carbocycles. The van der Waals surface area contributed by atoms with E-state index in [2.05, 4.69) is 55.3 Å². The predicted octanol–water partition coefficient (Wildman–Crippen LogP) is 3.05. The molecule has 133 valence electrons. The zero-order chi connectivity index (χ0) is 17.9. The molecule has 26 heavy (non-hydrogen) atoms. The zero-order valence-electron chi connectivity index (χ0n) is 14.5. The molecular formula is C21H21AsBrN2O. The van der Waals surface area contributed by atoms with Crippen LogP contribution in [0.1, 0.15) is 29.5 Å². The summed E-state index contributed by atoms with van der Waals surface area (Å²) in [6.07, 6.45) is 2.66. The summed E-state index contributed by atoms with van der Waals surface area (Å²) >= 11 is 3.42. The number of hydrogen-bond donors (Lipinski definition) is 1. The first kappa shape index (κ1) is 18.0. The summed E-state index contributed by atoms with van der Waals surface area (Å²) in [5.74, 6) is 0.0385. The fraction of sp³-hybridized carbons (Fsp3) is 0.286. The van der Waals surface area contributed by atoms with Crippen LogP contribution in [-0.4, -0.2) is 39.6 Å². The quantitative estimate of drug-likeness (QED) is 0.549. The first-order valence-corrected chi connectivity index (χ1v) is 11.8. The van der Waals surface area contributed by atoms with E-state index >= 15 is 0 Å². The number of nitrogens with one attached hydrogen (secondary N) is 1. The van der Waals surface area contributed by atoms with Crippen molar-refractivity contribution in [1.29, 1.82) is 0 Å². The normalized spacial score (nSPS) is 19.3. The van der Waals surface area contributed by atoms with Crippen LogP contribution in [0.4, 0.5) is 0 Å². The van der Waals surface area contributed by atoms with Gasteiger partial charge in [0.2, 0.25) is 0 Å². The number of hydrogen-bond acceptors (Lipinski definition) is 2. The molecule has 4 rings (SSSR count). The van der Waals surface area contributed by atoms with Crippen molar-refractivity contribution in [2.45, 2.75) is 25.9 Å². The molecule has 5 heteroatoms. The Balaban J connectivity index is 1.49. The Bertz CT molecular complexity index is 842. The second kappa shape index (κ2) is 8.12. The Morgan fingerprint density at radius 1 is 1.12 bits per heavy atom. The van der Waals surface area contributed by atoms with Crippen molar-refractivity contribution in [3.8, 4) is 0 Å². The van der Waals surface area contributed by atoms with Gasteiger partial charge in [-0.3, -0.25) is 0 Å². The number of carbonyl (C=O) groups is 1. The third-order valence-electron chi connectivity index (χ3n) is 4.96. The molecule has 2 aliphatic heterocycles. The molecule has 2 aromatic rings. The SMILES string of the molecule is O=C1NCc2c(Br)cccc2C1=C[As]c1ccc(CN2CCCC2)cc1. The van der Waals surface area contributed by atoms with E-state index < -0.39 is 0 Å². The molecule has 0 atom stereocenters. The molecule has 2 aliphatic rings. The van der Waals surface area contributed by atoms with Crippen LogP contribution in [0.3, 0.4) is 0 Å². The van der Waals surface area contributed by atoms with Gasteiger partial charge in [-0.2, -0.15) is 0 Å². The van der Waals surface area contributed by atoms with Gasteiger partial charge in [0.1, 0.15) is 0 Å². The van der Waals surface area contributed by atoms with E-state index in [-0.39, 0.29) is 21.7 Å². The van der Waals surface area contributed by atoms with Crippen molar-refractivity contribution in [2.75, 3.05) is 13.1 Å². The number of rotatable bonds is 4. The van der Waals surface area contributed by atoms with Gasteiger partial charge in [-0.15, -0.1) is 0 Å². The Morgan fingerprint density at radius 2 is 1.88 bits per heavy atom. The molecule has 1 fully saturated rings. The fourth-order valence-corrected chi connectivity index (χ4v) is 5.83. The molecule has 2 aromatic carbocycles. The average Bonchev–Trinajstić information content (AvgIpc) is 3.15. The Hall–Kier alpha value is -1.35. The topological polar surface area (TPSA) is 32.3 Å². The summed E-state index contributed by atoms with van der Waals surface area (Å²) in [4.78, 5) is 17.0. The molecule has 0 unspecified atom stereocenters. The Labute approximate surface area is 169 Å². The van der Waals surface area contributed by atoms with E-state index in [1.165, 1.54) is 41.4 Å². The van der Waals surface area contributed by atoms with Crippen molar-refractivity contribution in [3.63, 3.8) is 0 Å². The van der Waals surface area contributed by atoms with Crippen LogP contribution in [0.5, 0.6) is 0 Å². The van der Waals surface area contributed by atoms with Crippen LogP contribution in [0.2, 0.25) is 0 Å². The van der Waals surface area contributed by atoms with E-state index in [9.17, 15) is 4.79 Å². The number of amides is 1.